The number of rotatable bonds is 6. The van der Waals surface area contributed by atoms with Gasteiger partial charge in [0.25, 0.3) is 0 Å². The number of nitrogens with zero attached hydrogens (tertiary/aromatic N) is 1. The van der Waals surface area contributed by atoms with Crippen molar-refractivity contribution in [3.05, 3.63) is 63.6 Å². The number of hydrogen-bond donors (Lipinski definition) is 1. The fourth-order valence-electron chi connectivity index (χ4n) is 3.09. The van der Waals surface area contributed by atoms with Gasteiger partial charge < -0.3 is 4.74 Å². The largest absolute Gasteiger partial charge is 0.379 e. The van der Waals surface area contributed by atoms with Crippen molar-refractivity contribution in [1.29, 1.82) is 0 Å². The molecule has 0 radical (unpaired) electrons. The summed E-state index contributed by atoms with van der Waals surface area (Å²) in [7, 11) is -3.64. The lowest BCUT2D eigenvalue weighted by atomic mass is 10.1. The quantitative estimate of drug-likeness (QED) is 0.729. The number of halogens is 1. The van der Waals surface area contributed by atoms with Gasteiger partial charge in [0, 0.05) is 24.1 Å². The fourth-order valence-corrected chi connectivity index (χ4v) is 4.64. The zero-order valence-corrected chi connectivity index (χ0v) is 18.0. The highest BCUT2D eigenvalue weighted by atomic mass is 79.9. The van der Waals surface area contributed by atoms with Crippen molar-refractivity contribution >= 4 is 26.0 Å². The molecule has 0 spiro atoms. The minimum absolute atomic E-state index is 0.280. The highest BCUT2D eigenvalue weighted by molar-refractivity contribution is 9.10. The van der Waals surface area contributed by atoms with Gasteiger partial charge in [-0.1, -0.05) is 45.8 Å². The number of ether oxygens (including phenoxy) is 1. The van der Waals surface area contributed by atoms with Gasteiger partial charge in [-0.25, -0.2) is 13.1 Å². The molecular weight excluding hydrogens is 428 g/mol. The summed E-state index contributed by atoms with van der Waals surface area (Å²) >= 11 is 3.42. The van der Waals surface area contributed by atoms with Gasteiger partial charge in [0.1, 0.15) is 0 Å². The molecule has 0 aliphatic carbocycles. The predicted molar refractivity (Wildman–Crippen MR) is 110 cm³/mol. The fraction of sp³-hybridized carbons (Fsp3) is 0.400. The van der Waals surface area contributed by atoms with E-state index in [-0.39, 0.29) is 10.9 Å². The first kappa shape index (κ1) is 20.5. The minimum Gasteiger partial charge on any atom is -0.379 e. The number of morpholine rings is 1. The van der Waals surface area contributed by atoms with E-state index < -0.39 is 10.0 Å². The molecule has 7 heteroatoms. The molecule has 2 aromatic carbocycles. The van der Waals surface area contributed by atoms with E-state index in [4.69, 9.17) is 4.74 Å². The van der Waals surface area contributed by atoms with Gasteiger partial charge in [-0.3, -0.25) is 4.90 Å². The average molecular weight is 453 g/mol. The molecule has 0 aromatic heterocycles. The number of benzene rings is 2. The standard InChI is InChI=1S/C20H25BrN2O3S/c1-15-3-5-17(6-4-15)20(14-23-9-11-26-12-10-23)22-27(24,25)18-7-8-19(21)16(2)13-18/h3-8,13,20,22H,9-12,14H2,1-2H3/t20-/m0/s1. The van der Waals surface area contributed by atoms with Gasteiger partial charge in [0.2, 0.25) is 10.0 Å². The molecule has 0 saturated carbocycles. The normalized spacial score (nSPS) is 17.0. The van der Waals surface area contributed by atoms with Crippen LogP contribution >= 0.6 is 15.9 Å². The summed E-state index contributed by atoms with van der Waals surface area (Å²) in [5, 5.41) is 0. The van der Waals surface area contributed by atoms with Crippen LogP contribution in [0, 0.1) is 13.8 Å². The van der Waals surface area contributed by atoms with Gasteiger partial charge in [-0.2, -0.15) is 0 Å². The van der Waals surface area contributed by atoms with Gasteiger partial charge >= 0.3 is 0 Å². The van der Waals surface area contributed by atoms with Crippen LogP contribution in [-0.2, 0) is 14.8 Å². The number of hydrogen-bond acceptors (Lipinski definition) is 4. The molecule has 146 valence electrons. The Morgan fingerprint density at radius 3 is 2.41 bits per heavy atom. The zero-order chi connectivity index (χ0) is 19.4. The molecule has 0 amide bonds. The SMILES string of the molecule is Cc1ccc([C@H](CN2CCOCC2)NS(=O)(=O)c2ccc(Br)c(C)c2)cc1. The van der Waals surface area contributed by atoms with Crippen LogP contribution in [0.3, 0.4) is 0 Å². The molecule has 1 atom stereocenters. The monoisotopic (exact) mass is 452 g/mol. The molecule has 2 aromatic rings. The van der Waals surface area contributed by atoms with Crippen LogP contribution in [0.2, 0.25) is 0 Å². The van der Waals surface area contributed by atoms with E-state index in [1.165, 1.54) is 0 Å². The molecule has 1 aliphatic heterocycles. The Bertz CT molecular complexity index is 879. The van der Waals surface area contributed by atoms with Gasteiger partial charge in [0.15, 0.2) is 0 Å². The van der Waals surface area contributed by atoms with E-state index in [0.29, 0.717) is 19.8 Å². The molecular formula is C20H25BrN2O3S. The molecule has 1 heterocycles. The number of aryl methyl sites for hydroxylation is 2. The maximum atomic E-state index is 13.0. The van der Waals surface area contributed by atoms with Crippen molar-refractivity contribution in [3.63, 3.8) is 0 Å². The maximum Gasteiger partial charge on any atom is 0.241 e. The third kappa shape index (κ3) is 5.39. The van der Waals surface area contributed by atoms with Crippen molar-refractivity contribution in [2.75, 3.05) is 32.8 Å². The van der Waals surface area contributed by atoms with Gasteiger partial charge in [-0.05, 0) is 43.2 Å². The predicted octanol–water partition coefficient (Wildman–Crippen LogP) is 3.42. The lowest BCUT2D eigenvalue weighted by molar-refractivity contribution is 0.0345. The number of sulfonamides is 1. The van der Waals surface area contributed by atoms with Crippen molar-refractivity contribution in [3.8, 4) is 0 Å². The summed E-state index contributed by atoms with van der Waals surface area (Å²) in [4.78, 5) is 2.52. The zero-order valence-electron chi connectivity index (χ0n) is 15.6. The Balaban J connectivity index is 1.86. The lowest BCUT2D eigenvalue weighted by Gasteiger charge is -2.31. The molecule has 1 fully saturated rings. The second-order valence-corrected chi connectivity index (χ2v) is 9.48. The van der Waals surface area contributed by atoms with Crippen molar-refractivity contribution in [1.82, 2.24) is 9.62 Å². The van der Waals surface area contributed by atoms with E-state index in [1.807, 2.05) is 38.1 Å². The molecule has 1 aliphatic rings. The lowest BCUT2D eigenvalue weighted by Crippen LogP contribution is -2.43. The smallest absolute Gasteiger partial charge is 0.241 e. The molecule has 27 heavy (non-hydrogen) atoms. The summed E-state index contributed by atoms with van der Waals surface area (Å²) < 4.78 is 35.3. The Kier molecular flexibility index (Phi) is 6.70. The third-order valence-electron chi connectivity index (χ3n) is 4.76. The highest BCUT2D eigenvalue weighted by Crippen LogP contribution is 2.23. The second-order valence-electron chi connectivity index (χ2n) is 6.91. The Hall–Kier alpha value is -1.25. The number of nitrogens with one attached hydrogen (secondary N) is 1. The van der Waals surface area contributed by atoms with Crippen LogP contribution in [0.4, 0.5) is 0 Å². The minimum atomic E-state index is -3.64. The third-order valence-corrected chi connectivity index (χ3v) is 7.12. The first-order valence-corrected chi connectivity index (χ1v) is 11.3. The van der Waals surface area contributed by atoms with E-state index in [1.54, 1.807) is 18.2 Å². The maximum absolute atomic E-state index is 13.0. The van der Waals surface area contributed by atoms with Crippen LogP contribution in [0.5, 0.6) is 0 Å². The van der Waals surface area contributed by atoms with E-state index in [9.17, 15) is 8.42 Å². The summed E-state index contributed by atoms with van der Waals surface area (Å²) in [5.41, 5.74) is 3.00. The average Bonchev–Trinajstić information content (AvgIpc) is 2.64. The summed E-state index contributed by atoms with van der Waals surface area (Å²) in [5.74, 6) is 0. The Labute approximate surface area is 169 Å². The van der Waals surface area contributed by atoms with Crippen LogP contribution in [0.25, 0.3) is 0 Å². The second kappa shape index (κ2) is 8.84. The molecule has 1 saturated heterocycles. The Morgan fingerprint density at radius 1 is 1.11 bits per heavy atom. The molecule has 0 bridgehead atoms. The van der Waals surface area contributed by atoms with Crippen LogP contribution in [-0.4, -0.2) is 46.2 Å². The van der Waals surface area contributed by atoms with E-state index >= 15 is 0 Å². The van der Waals surface area contributed by atoms with E-state index in [0.717, 1.165) is 34.3 Å². The molecule has 1 N–H and O–H groups in total. The topological polar surface area (TPSA) is 58.6 Å². The van der Waals surface area contributed by atoms with Crippen LogP contribution in [0.15, 0.2) is 51.8 Å². The summed E-state index contributed by atoms with van der Waals surface area (Å²) in [6.45, 7) is 7.49. The summed E-state index contributed by atoms with van der Waals surface area (Å²) in [6, 6.07) is 12.8. The Morgan fingerprint density at radius 2 is 1.78 bits per heavy atom. The van der Waals surface area contributed by atoms with Crippen molar-refractivity contribution < 1.29 is 13.2 Å². The van der Waals surface area contributed by atoms with Crippen LogP contribution in [0.1, 0.15) is 22.7 Å². The van der Waals surface area contributed by atoms with Gasteiger partial charge in [-0.15, -0.1) is 0 Å². The van der Waals surface area contributed by atoms with E-state index in [2.05, 4.69) is 25.6 Å². The molecule has 5 nitrogen and oxygen atoms in total. The first-order valence-electron chi connectivity index (χ1n) is 9.00. The summed E-state index contributed by atoms with van der Waals surface area (Å²) in [6.07, 6.45) is 0. The highest BCUT2D eigenvalue weighted by Gasteiger charge is 2.24. The first-order chi connectivity index (χ1) is 12.8. The molecule has 3 rings (SSSR count). The van der Waals surface area contributed by atoms with Gasteiger partial charge in [0.05, 0.1) is 24.2 Å². The molecule has 0 unspecified atom stereocenters. The van der Waals surface area contributed by atoms with Crippen molar-refractivity contribution in [2.24, 2.45) is 0 Å². The van der Waals surface area contributed by atoms with Crippen molar-refractivity contribution in [2.45, 2.75) is 24.8 Å². The van der Waals surface area contributed by atoms with Crippen LogP contribution < -0.4 is 4.72 Å².